The van der Waals surface area contributed by atoms with Gasteiger partial charge in [0.2, 0.25) is 5.91 Å². The van der Waals surface area contributed by atoms with Crippen molar-refractivity contribution in [2.24, 2.45) is 5.73 Å². The Bertz CT molecular complexity index is 809. The number of rotatable bonds is 2. The minimum atomic E-state index is 0.000606. The molecule has 2 aliphatic rings. The Kier molecular flexibility index (Phi) is 10.4. The van der Waals surface area contributed by atoms with Crippen molar-refractivity contribution in [1.82, 2.24) is 4.98 Å². The monoisotopic (exact) mass is 401 g/mol. The molecule has 0 spiro atoms. The highest BCUT2D eigenvalue weighted by atomic mass is 16.5. The second-order valence-corrected chi connectivity index (χ2v) is 5.93. The van der Waals surface area contributed by atoms with Gasteiger partial charge in [-0.25, -0.2) is 4.98 Å². The Morgan fingerprint density at radius 3 is 2.62 bits per heavy atom. The van der Waals surface area contributed by atoms with E-state index in [1.165, 1.54) is 19.5 Å². The number of amides is 1. The fourth-order valence-electron chi connectivity index (χ4n) is 2.89. The highest BCUT2D eigenvalue weighted by molar-refractivity contribution is 5.93. The fraction of sp³-hybridized carbons (Fsp3) is 0.409. The first-order valence-corrected chi connectivity index (χ1v) is 9.82. The van der Waals surface area contributed by atoms with Gasteiger partial charge in [-0.05, 0) is 44.7 Å². The second kappa shape index (κ2) is 12.5. The molecule has 2 aromatic rings. The third kappa shape index (κ3) is 6.29. The number of nitrogens with zero attached hydrogens (tertiary/aromatic N) is 1. The summed E-state index contributed by atoms with van der Waals surface area (Å²) in [4.78, 5) is 24.5. The van der Waals surface area contributed by atoms with Crippen LogP contribution in [0.25, 0.3) is 0 Å². The van der Waals surface area contributed by atoms with E-state index in [2.05, 4.69) is 23.0 Å². The Hall–Kier alpha value is -2.93. The van der Waals surface area contributed by atoms with Crippen LogP contribution in [-0.4, -0.2) is 30.8 Å². The van der Waals surface area contributed by atoms with Crippen molar-refractivity contribution in [2.75, 3.05) is 19.0 Å². The van der Waals surface area contributed by atoms with Crippen molar-refractivity contribution in [3.8, 4) is 17.2 Å². The van der Waals surface area contributed by atoms with Gasteiger partial charge < -0.3 is 25.3 Å². The fourth-order valence-corrected chi connectivity index (χ4v) is 2.89. The average molecular weight is 402 g/mol. The normalized spacial score (nSPS) is 15.2. The smallest absolute Gasteiger partial charge is 0.225 e. The van der Waals surface area contributed by atoms with Gasteiger partial charge in [-0.2, -0.15) is 0 Å². The summed E-state index contributed by atoms with van der Waals surface area (Å²) in [6.45, 7) is 8.30. The van der Waals surface area contributed by atoms with E-state index < -0.39 is 0 Å². The van der Waals surface area contributed by atoms with Crippen LogP contribution in [0.3, 0.4) is 0 Å². The zero-order valence-electron chi connectivity index (χ0n) is 17.8. The predicted molar refractivity (Wildman–Crippen MR) is 115 cm³/mol. The molecule has 3 heterocycles. The maximum Gasteiger partial charge on any atom is 0.225 e. The number of ether oxygens (including phenoxy) is 2. The summed E-state index contributed by atoms with van der Waals surface area (Å²) < 4.78 is 11.6. The lowest BCUT2D eigenvalue weighted by atomic mass is 10.0. The molecule has 7 nitrogen and oxygen atoms in total. The predicted octanol–water partition coefficient (Wildman–Crippen LogP) is 4.06. The van der Waals surface area contributed by atoms with Gasteiger partial charge in [0.1, 0.15) is 29.4 Å². The van der Waals surface area contributed by atoms with Crippen LogP contribution in [0.4, 0.5) is 5.82 Å². The van der Waals surface area contributed by atoms with Crippen LogP contribution < -0.4 is 20.5 Å². The summed E-state index contributed by atoms with van der Waals surface area (Å²) in [6.07, 6.45) is 3.51. The number of aldehydes is 1. The Balaban J connectivity index is 0.000000540. The van der Waals surface area contributed by atoms with Gasteiger partial charge in [0.15, 0.2) is 0 Å². The van der Waals surface area contributed by atoms with E-state index in [0.29, 0.717) is 24.6 Å². The average Bonchev–Trinajstić information content (AvgIpc) is 3.12. The summed E-state index contributed by atoms with van der Waals surface area (Å²) in [5, 5.41) is 2.78. The number of carbonyl (C=O) groups is 2. The number of carbonyl (C=O) groups excluding carboxylic acids is 2. The molecule has 1 amide bonds. The Morgan fingerprint density at radius 2 is 1.93 bits per heavy atom. The molecule has 0 radical (unpaired) electrons. The maximum absolute atomic E-state index is 11.5. The quantitative estimate of drug-likeness (QED) is 0.736. The van der Waals surface area contributed by atoms with Crippen molar-refractivity contribution in [1.29, 1.82) is 0 Å². The van der Waals surface area contributed by atoms with E-state index in [-0.39, 0.29) is 5.91 Å². The number of pyridine rings is 1. The van der Waals surface area contributed by atoms with Crippen LogP contribution in [0.5, 0.6) is 17.2 Å². The van der Waals surface area contributed by atoms with Crippen molar-refractivity contribution < 1.29 is 19.1 Å². The number of fused-ring (bicyclic) bond motifs is 2. The van der Waals surface area contributed by atoms with E-state index in [0.717, 1.165) is 35.7 Å². The molecule has 0 aliphatic carbocycles. The molecule has 1 atom stereocenters. The van der Waals surface area contributed by atoms with Gasteiger partial charge in [-0.1, -0.05) is 20.8 Å². The number of hydrogen-bond donors (Lipinski definition) is 2. The number of nitrogens with one attached hydrogen (secondary N) is 1. The first-order valence-electron chi connectivity index (χ1n) is 9.82. The number of benzene rings is 1. The van der Waals surface area contributed by atoms with Crippen molar-refractivity contribution in [3.05, 3.63) is 41.6 Å². The van der Waals surface area contributed by atoms with Crippen molar-refractivity contribution in [2.45, 2.75) is 46.5 Å². The van der Waals surface area contributed by atoms with Gasteiger partial charge in [0.25, 0.3) is 0 Å². The zero-order valence-corrected chi connectivity index (χ0v) is 17.8. The standard InChI is InChI=1S/C17H16N2O3.C2H4O.C2H6.CH5N/c1-10-9-21-14-4-2-11(8-13(10)14)22-15-6-7-18-17-12(15)3-5-16(20)19-17;1-2-3;2*1-2/h2,4,6-8,10H,3,5,9H2,1H3,(H,18,19,20);2H,1H3;1-2H3;2H2,1H3. The van der Waals surface area contributed by atoms with Crippen LogP contribution in [0.15, 0.2) is 30.5 Å². The summed E-state index contributed by atoms with van der Waals surface area (Å²) in [5.74, 6) is 3.44. The zero-order chi connectivity index (χ0) is 21.8. The van der Waals surface area contributed by atoms with E-state index in [1.54, 1.807) is 6.20 Å². The highest BCUT2D eigenvalue weighted by Gasteiger charge is 2.22. The molecule has 2 aliphatic heterocycles. The first-order chi connectivity index (χ1) is 14.1. The topological polar surface area (TPSA) is 104 Å². The van der Waals surface area contributed by atoms with E-state index in [4.69, 9.17) is 14.3 Å². The lowest BCUT2D eigenvalue weighted by Crippen LogP contribution is -2.20. The number of aromatic nitrogens is 1. The third-order valence-electron chi connectivity index (χ3n) is 4.10. The first kappa shape index (κ1) is 24.1. The summed E-state index contributed by atoms with van der Waals surface area (Å²) in [7, 11) is 1.50. The molecule has 1 unspecified atom stereocenters. The van der Waals surface area contributed by atoms with Gasteiger partial charge in [-0.15, -0.1) is 0 Å². The molecule has 3 N–H and O–H groups in total. The molecule has 1 aromatic carbocycles. The molecule has 0 saturated carbocycles. The number of anilines is 1. The van der Waals surface area contributed by atoms with Crippen molar-refractivity contribution in [3.63, 3.8) is 0 Å². The largest absolute Gasteiger partial charge is 0.493 e. The second-order valence-electron chi connectivity index (χ2n) is 5.93. The molecular weight excluding hydrogens is 370 g/mol. The van der Waals surface area contributed by atoms with E-state index >= 15 is 0 Å². The van der Waals surface area contributed by atoms with Gasteiger partial charge in [-0.3, -0.25) is 4.79 Å². The van der Waals surface area contributed by atoms with Gasteiger partial charge >= 0.3 is 0 Å². The molecule has 0 bridgehead atoms. The Morgan fingerprint density at radius 1 is 1.24 bits per heavy atom. The van der Waals surface area contributed by atoms with Crippen molar-refractivity contribution >= 4 is 18.0 Å². The molecule has 0 saturated heterocycles. The van der Waals surface area contributed by atoms with E-state index in [1.807, 2.05) is 38.1 Å². The molecule has 29 heavy (non-hydrogen) atoms. The Labute approximate surface area is 172 Å². The van der Waals surface area contributed by atoms with E-state index in [9.17, 15) is 4.79 Å². The summed E-state index contributed by atoms with van der Waals surface area (Å²) in [6, 6.07) is 7.72. The molecule has 1 aromatic heterocycles. The summed E-state index contributed by atoms with van der Waals surface area (Å²) in [5.41, 5.74) is 6.63. The lowest BCUT2D eigenvalue weighted by molar-refractivity contribution is -0.116. The third-order valence-corrected chi connectivity index (χ3v) is 4.10. The SMILES string of the molecule is CC.CC1COc2ccc(Oc3ccnc4c3CCC(=O)N4)cc21.CC=O.CN. The van der Waals surface area contributed by atoms with Crippen LogP contribution in [0.2, 0.25) is 0 Å². The molecule has 4 rings (SSSR count). The van der Waals surface area contributed by atoms with Crippen LogP contribution in [0, 0.1) is 0 Å². The van der Waals surface area contributed by atoms with Crippen LogP contribution in [0.1, 0.15) is 51.2 Å². The number of hydrogen-bond acceptors (Lipinski definition) is 6. The maximum atomic E-state index is 11.5. The summed E-state index contributed by atoms with van der Waals surface area (Å²) >= 11 is 0. The molecule has 0 fully saturated rings. The van der Waals surface area contributed by atoms with Crippen LogP contribution in [-0.2, 0) is 16.0 Å². The number of nitrogens with two attached hydrogens (primary N) is 1. The molecule has 7 heteroatoms. The molecule has 158 valence electrons. The van der Waals surface area contributed by atoms with Gasteiger partial charge in [0.05, 0.1) is 6.61 Å². The highest BCUT2D eigenvalue weighted by Crippen LogP contribution is 2.38. The minimum Gasteiger partial charge on any atom is -0.493 e. The van der Waals surface area contributed by atoms with Gasteiger partial charge in [0, 0.05) is 29.7 Å². The minimum absolute atomic E-state index is 0.000606. The van der Waals surface area contributed by atoms with Crippen LogP contribution >= 0.6 is 0 Å². The lowest BCUT2D eigenvalue weighted by Gasteiger charge is -2.19. The molecular formula is C22H31N3O4.